The van der Waals surface area contributed by atoms with Crippen LogP contribution in [0.15, 0.2) is 36.7 Å². The molecule has 0 radical (unpaired) electrons. The van der Waals surface area contributed by atoms with E-state index in [0.29, 0.717) is 29.7 Å². The summed E-state index contributed by atoms with van der Waals surface area (Å²) in [5, 5.41) is 9.87. The molecule has 0 bridgehead atoms. The van der Waals surface area contributed by atoms with Crippen molar-refractivity contribution in [1.82, 2.24) is 15.6 Å². The van der Waals surface area contributed by atoms with Crippen molar-refractivity contribution >= 4 is 34.9 Å². The number of aromatic nitrogens is 1. The molecule has 0 aliphatic carbocycles. The van der Waals surface area contributed by atoms with Crippen molar-refractivity contribution in [2.45, 2.75) is 13.5 Å². The third-order valence-corrected chi connectivity index (χ3v) is 3.79. The quantitative estimate of drug-likeness (QED) is 0.695. The molecule has 1 aromatic heterocycles. The van der Waals surface area contributed by atoms with E-state index in [4.69, 9.17) is 23.2 Å². The number of carbonyl (C=O) groups is 1. The third-order valence-electron chi connectivity index (χ3n) is 3.20. The molecule has 0 fully saturated rings. The number of anilines is 1. The molecule has 122 valence electrons. The van der Waals surface area contributed by atoms with Crippen molar-refractivity contribution in [2.24, 2.45) is 0 Å². The second-order valence-electron chi connectivity index (χ2n) is 4.96. The molecule has 2 rings (SSSR count). The summed E-state index contributed by atoms with van der Waals surface area (Å²) >= 11 is 11.9. The number of nitrogens with zero attached hydrogens (tertiary/aromatic N) is 1. The summed E-state index contributed by atoms with van der Waals surface area (Å²) in [6.45, 7) is 3.45. The first-order valence-corrected chi connectivity index (χ1v) is 7.92. The predicted molar refractivity (Wildman–Crippen MR) is 94.2 cm³/mol. The van der Waals surface area contributed by atoms with E-state index >= 15 is 0 Å². The van der Waals surface area contributed by atoms with E-state index in [1.54, 1.807) is 30.6 Å². The van der Waals surface area contributed by atoms with Crippen LogP contribution in [0.4, 0.5) is 10.5 Å². The number of nitrogens with one attached hydrogen (secondary N) is 3. The molecule has 5 nitrogen and oxygen atoms in total. The zero-order valence-electron chi connectivity index (χ0n) is 12.7. The normalized spacial score (nSPS) is 10.2. The molecule has 0 spiro atoms. The lowest BCUT2D eigenvalue weighted by molar-refractivity contribution is 0.241. The topological polar surface area (TPSA) is 66.0 Å². The maximum atomic E-state index is 11.7. The van der Waals surface area contributed by atoms with Crippen LogP contribution in [0.3, 0.4) is 0 Å². The Bertz CT molecular complexity index is 679. The highest BCUT2D eigenvalue weighted by Crippen LogP contribution is 2.20. The van der Waals surface area contributed by atoms with Crippen LogP contribution in [0.25, 0.3) is 0 Å². The minimum Gasteiger partial charge on any atom is -0.383 e. The fourth-order valence-electron chi connectivity index (χ4n) is 1.95. The molecule has 0 saturated heterocycles. The van der Waals surface area contributed by atoms with Crippen molar-refractivity contribution < 1.29 is 4.79 Å². The van der Waals surface area contributed by atoms with E-state index in [1.165, 1.54) is 0 Å². The van der Waals surface area contributed by atoms with Crippen molar-refractivity contribution in [1.29, 1.82) is 0 Å². The lowest BCUT2D eigenvalue weighted by atomic mass is 10.2. The van der Waals surface area contributed by atoms with Crippen LogP contribution in [0.5, 0.6) is 0 Å². The zero-order chi connectivity index (χ0) is 16.7. The molecule has 0 aliphatic heterocycles. The summed E-state index contributed by atoms with van der Waals surface area (Å²) in [4.78, 5) is 15.8. The zero-order valence-corrected chi connectivity index (χ0v) is 14.2. The first kappa shape index (κ1) is 17.4. The molecule has 0 saturated carbocycles. The number of hydrogen-bond acceptors (Lipinski definition) is 3. The number of rotatable bonds is 6. The number of hydrogen-bond donors (Lipinski definition) is 3. The van der Waals surface area contributed by atoms with E-state index in [2.05, 4.69) is 20.9 Å². The van der Waals surface area contributed by atoms with Crippen LogP contribution < -0.4 is 16.0 Å². The van der Waals surface area contributed by atoms with Gasteiger partial charge in [-0.25, -0.2) is 4.79 Å². The number of amides is 2. The van der Waals surface area contributed by atoms with E-state index < -0.39 is 0 Å². The summed E-state index contributed by atoms with van der Waals surface area (Å²) in [5.41, 5.74) is 2.89. The summed E-state index contributed by atoms with van der Waals surface area (Å²) in [6, 6.07) is 6.84. The smallest absolute Gasteiger partial charge is 0.315 e. The molecular formula is C16H18Cl2N4O. The number of aryl methyl sites for hydroxylation is 1. The molecule has 7 heteroatoms. The maximum absolute atomic E-state index is 11.7. The average molecular weight is 353 g/mol. The van der Waals surface area contributed by atoms with Crippen molar-refractivity contribution in [3.63, 3.8) is 0 Å². The highest BCUT2D eigenvalue weighted by atomic mass is 35.5. The van der Waals surface area contributed by atoms with Gasteiger partial charge in [0.25, 0.3) is 0 Å². The van der Waals surface area contributed by atoms with Gasteiger partial charge in [0.1, 0.15) is 0 Å². The van der Waals surface area contributed by atoms with Gasteiger partial charge in [0.05, 0.1) is 0 Å². The molecule has 0 atom stereocenters. The lowest BCUT2D eigenvalue weighted by Gasteiger charge is -2.11. The van der Waals surface area contributed by atoms with E-state index in [1.807, 2.05) is 13.0 Å². The Hall–Kier alpha value is -1.98. The Kier molecular flexibility index (Phi) is 6.50. The Morgan fingerprint density at radius 3 is 2.74 bits per heavy atom. The van der Waals surface area contributed by atoms with Crippen molar-refractivity contribution in [3.05, 3.63) is 57.8 Å². The van der Waals surface area contributed by atoms with E-state index in [-0.39, 0.29) is 6.03 Å². The van der Waals surface area contributed by atoms with Gasteiger partial charge in [0.15, 0.2) is 0 Å². The SMILES string of the molecule is Cc1cnccc1NCCNC(=O)NCc1ccc(Cl)cc1Cl. The fourth-order valence-corrected chi connectivity index (χ4v) is 2.42. The first-order chi connectivity index (χ1) is 11.1. The second kappa shape index (κ2) is 8.60. The maximum Gasteiger partial charge on any atom is 0.315 e. The second-order valence-corrected chi connectivity index (χ2v) is 5.81. The molecule has 0 unspecified atom stereocenters. The predicted octanol–water partition coefficient (Wildman–Crippen LogP) is 3.61. The lowest BCUT2D eigenvalue weighted by Crippen LogP contribution is -2.37. The van der Waals surface area contributed by atoms with Crippen LogP contribution in [-0.4, -0.2) is 24.1 Å². The minimum absolute atomic E-state index is 0.246. The summed E-state index contributed by atoms with van der Waals surface area (Å²) in [7, 11) is 0. The van der Waals surface area contributed by atoms with Crippen LogP contribution in [-0.2, 0) is 6.54 Å². The molecule has 2 aromatic rings. The Morgan fingerprint density at radius 2 is 2.00 bits per heavy atom. The van der Waals surface area contributed by atoms with E-state index in [0.717, 1.165) is 16.8 Å². The molecule has 0 aliphatic rings. The van der Waals surface area contributed by atoms with Gasteiger partial charge in [-0.2, -0.15) is 0 Å². The standard InChI is InChI=1S/C16H18Cl2N4O/c1-11-9-19-5-4-15(11)20-6-7-21-16(23)22-10-12-2-3-13(17)8-14(12)18/h2-5,8-9H,6-7,10H2,1H3,(H,19,20)(H2,21,22,23). The van der Waals surface area contributed by atoms with E-state index in [9.17, 15) is 4.79 Å². The molecular weight excluding hydrogens is 335 g/mol. The van der Waals surface area contributed by atoms with Gasteiger partial charge in [-0.1, -0.05) is 29.3 Å². The molecule has 2 amide bonds. The number of pyridine rings is 1. The van der Waals surface area contributed by atoms with Gasteiger partial charge in [-0.05, 0) is 36.2 Å². The van der Waals surface area contributed by atoms with Gasteiger partial charge in [-0.15, -0.1) is 0 Å². The monoisotopic (exact) mass is 352 g/mol. The van der Waals surface area contributed by atoms with Gasteiger partial charge in [-0.3, -0.25) is 4.98 Å². The van der Waals surface area contributed by atoms with Crippen LogP contribution >= 0.6 is 23.2 Å². The number of halogens is 2. The Labute approximate surface area is 145 Å². The number of benzene rings is 1. The highest BCUT2D eigenvalue weighted by molar-refractivity contribution is 6.35. The van der Waals surface area contributed by atoms with Crippen LogP contribution in [0.2, 0.25) is 10.0 Å². The average Bonchev–Trinajstić information content (AvgIpc) is 2.52. The summed E-state index contributed by atoms with van der Waals surface area (Å²) in [6.07, 6.45) is 3.52. The molecule has 1 aromatic carbocycles. The largest absolute Gasteiger partial charge is 0.383 e. The van der Waals surface area contributed by atoms with Gasteiger partial charge in [0, 0.05) is 47.8 Å². The van der Waals surface area contributed by atoms with Gasteiger partial charge >= 0.3 is 6.03 Å². The highest BCUT2D eigenvalue weighted by Gasteiger charge is 2.04. The molecule has 1 heterocycles. The Morgan fingerprint density at radius 1 is 1.17 bits per heavy atom. The van der Waals surface area contributed by atoms with Gasteiger partial charge in [0.2, 0.25) is 0 Å². The van der Waals surface area contributed by atoms with Crippen molar-refractivity contribution in [2.75, 3.05) is 18.4 Å². The van der Waals surface area contributed by atoms with Crippen LogP contribution in [0, 0.1) is 6.92 Å². The minimum atomic E-state index is -0.246. The Balaban J connectivity index is 1.68. The first-order valence-electron chi connectivity index (χ1n) is 7.16. The van der Waals surface area contributed by atoms with Crippen LogP contribution in [0.1, 0.15) is 11.1 Å². The van der Waals surface area contributed by atoms with Gasteiger partial charge < -0.3 is 16.0 Å². The molecule has 3 N–H and O–H groups in total. The summed E-state index contributed by atoms with van der Waals surface area (Å²) in [5.74, 6) is 0. The molecule has 23 heavy (non-hydrogen) atoms. The fraction of sp³-hybridized carbons (Fsp3) is 0.250. The van der Waals surface area contributed by atoms with Crippen molar-refractivity contribution in [3.8, 4) is 0 Å². The summed E-state index contributed by atoms with van der Waals surface area (Å²) < 4.78 is 0. The number of carbonyl (C=O) groups excluding carboxylic acids is 1. The third kappa shape index (κ3) is 5.62. The number of urea groups is 1.